The Morgan fingerprint density at radius 2 is 1.64 bits per heavy atom. The lowest BCUT2D eigenvalue weighted by Crippen LogP contribution is -2.46. The van der Waals surface area contributed by atoms with Crippen LogP contribution in [0.5, 0.6) is 0 Å². The third-order valence-electron chi connectivity index (χ3n) is 5.38. The Morgan fingerprint density at radius 1 is 0.880 bits per heavy atom. The molecule has 2 heterocycles. The number of nitrogens with zero attached hydrogens (tertiary/aromatic N) is 3. The van der Waals surface area contributed by atoms with Gasteiger partial charge in [-0.15, -0.1) is 0 Å². The normalized spacial score (nSPS) is 15.7. The summed E-state index contributed by atoms with van der Waals surface area (Å²) in [5, 5.41) is 1.28. The van der Waals surface area contributed by atoms with E-state index in [9.17, 15) is 0 Å². The van der Waals surface area contributed by atoms with Crippen molar-refractivity contribution >= 4 is 16.6 Å². The molecule has 25 heavy (non-hydrogen) atoms. The summed E-state index contributed by atoms with van der Waals surface area (Å²) in [6, 6.07) is 17.4. The third kappa shape index (κ3) is 3.24. The van der Waals surface area contributed by atoms with Gasteiger partial charge in [0.25, 0.3) is 0 Å². The zero-order chi connectivity index (χ0) is 17.2. The maximum atomic E-state index is 4.63. The summed E-state index contributed by atoms with van der Waals surface area (Å²) < 4.78 is 0. The molecule has 3 heteroatoms. The van der Waals surface area contributed by atoms with Gasteiger partial charge in [-0.25, -0.2) is 0 Å². The van der Waals surface area contributed by atoms with Gasteiger partial charge >= 0.3 is 0 Å². The van der Waals surface area contributed by atoms with Gasteiger partial charge in [0.05, 0.1) is 5.52 Å². The molecule has 0 bridgehead atoms. The van der Waals surface area contributed by atoms with Crippen molar-refractivity contribution in [2.45, 2.75) is 20.4 Å². The van der Waals surface area contributed by atoms with Crippen LogP contribution >= 0.6 is 0 Å². The number of rotatable bonds is 3. The predicted octanol–water partition coefficient (Wildman–Crippen LogP) is 4.17. The Hall–Kier alpha value is -2.39. The monoisotopic (exact) mass is 331 g/mol. The van der Waals surface area contributed by atoms with Crippen LogP contribution in [-0.2, 0) is 6.54 Å². The molecule has 1 saturated heterocycles. The van der Waals surface area contributed by atoms with E-state index in [1.165, 1.54) is 27.8 Å². The van der Waals surface area contributed by atoms with Crippen molar-refractivity contribution in [3.8, 4) is 0 Å². The maximum Gasteiger partial charge on any atom is 0.0754 e. The van der Waals surface area contributed by atoms with Gasteiger partial charge in [-0.2, -0.15) is 0 Å². The molecule has 0 unspecified atom stereocenters. The molecule has 0 spiro atoms. The summed E-state index contributed by atoms with van der Waals surface area (Å²) in [7, 11) is 0. The van der Waals surface area contributed by atoms with Crippen LogP contribution < -0.4 is 4.90 Å². The maximum absolute atomic E-state index is 4.63. The molecule has 2 aromatic carbocycles. The molecule has 0 saturated carbocycles. The second-order valence-electron chi connectivity index (χ2n) is 6.98. The fraction of sp³-hybridized carbons (Fsp3) is 0.318. The molecule has 4 rings (SSSR count). The van der Waals surface area contributed by atoms with Crippen molar-refractivity contribution in [3.05, 3.63) is 71.4 Å². The molecule has 0 atom stereocenters. The summed E-state index contributed by atoms with van der Waals surface area (Å²) in [5.74, 6) is 0. The van der Waals surface area contributed by atoms with Crippen LogP contribution in [0, 0.1) is 13.8 Å². The fourth-order valence-corrected chi connectivity index (χ4v) is 3.71. The average molecular weight is 331 g/mol. The van der Waals surface area contributed by atoms with Gasteiger partial charge in [0.1, 0.15) is 0 Å². The van der Waals surface area contributed by atoms with Crippen molar-refractivity contribution in [1.82, 2.24) is 9.88 Å². The Morgan fingerprint density at radius 3 is 2.40 bits per heavy atom. The van der Waals surface area contributed by atoms with E-state index in [0.29, 0.717) is 0 Å². The highest BCUT2D eigenvalue weighted by molar-refractivity contribution is 5.94. The molecule has 0 N–H and O–H groups in total. The number of hydrogen-bond donors (Lipinski definition) is 0. The minimum atomic E-state index is 1.05. The van der Waals surface area contributed by atoms with Crippen LogP contribution in [-0.4, -0.2) is 36.1 Å². The molecule has 0 aliphatic carbocycles. The van der Waals surface area contributed by atoms with Crippen LogP contribution in [0.25, 0.3) is 10.9 Å². The van der Waals surface area contributed by atoms with E-state index >= 15 is 0 Å². The Bertz CT molecular complexity index is 865. The lowest BCUT2D eigenvalue weighted by atomic mass is 10.0. The molecule has 128 valence electrons. The summed E-state index contributed by atoms with van der Waals surface area (Å²) in [6.07, 6.45) is 1.96. The number of aromatic nitrogens is 1. The summed E-state index contributed by atoms with van der Waals surface area (Å²) in [5.41, 5.74) is 6.47. The standard InChI is InChI=1S/C22H25N3/c1-17-8-9-20-21(10-11-23-22(20)18(17)2)25-14-12-24(13-15-25)16-19-6-4-3-5-7-19/h3-11H,12-16H2,1-2H3. The van der Waals surface area contributed by atoms with Crippen LogP contribution in [0.4, 0.5) is 5.69 Å². The molecule has 1 aromatic heterocycles. The number of fused-ring (bicyclic) bond motifs is 1. The van der Waals surface area contributed by atoms with Gasteiger partial charge in [0, 0.05) is 50.0 Å². The molecule has 3 nitrogen and oxygen atoms in total. The van der Waals surface area contributed by atoms with Gasteiger partial charge in [0.2, 0.25) is 0 Å². The Balaban J connectivity index is 1.51. The highest BCUT2D eigenvalue weighted by atomic mass is 15.3. The van der Waals surface area contributed by atoms with Crippen molar-refractivity contribution in [1.29, 1.82) is 0 Å². The predicted molar refractivity (Wildman–Crippen MR) is 105 cm³/mol. The number of benzene rings is 2. The van der Waals surface area contributed by atoms with E-state index < -0.39 is 0 Å². The van der Waals surface area contributed by atoms with E-state index in [4.69, 9.17) is 0 Å². The minimum absolute atomic E-state index is 1.05. The summed E-state index contributed by atoms with van der Waals surface area (Å²) in [6.45, 7) is 9.71. The third-order valence-corrected chi connectivity index (χ3v) is 5.38. The van der Waals surface area contributed by atoms with E-state index in [2.05, 4.69) is 77.2 Å². The van der Waals surface area contributed by atoms with Gasteiger partial charge in [0.15, 0.2) is 0 Å². The van der Waals surface area contributed by atoms with Crippen molar-refractivity contribution in [2.24, 2.45) is 0 Å². The van der Waals surface area contributed by atoms with Gasteiger partial charge in [-0.1, -0.05) is 42.5 Å². The Kier molecular flexibility index (Phi) is 4.41. The molecular formula is C22H25N3. The fourth-order valence-electron chi connectivity index (χ4n) is 3.71. The second-order valence-corrected chi connectivity index (χ2v) is 6.98. The van der Waals surface area contributed by atoms with Crippen LogP contribution in [0.3, 0.4) is 0 Å². The lowest BCUT2D eigenvalue weighted by Gasteiger charge is -2.36. The van der Waals surface area contributed by atoms with Crippen LogP contribution in [0.1, 0.15) is 16.7 Å². The minimum Gasteiger partial charge on any atom is -0.368 e. The number of hydrogen-bond acceptors (Lipinski definition) is 3. The topological polar surface area (TPSA) is 19.4 Å². The van der Waals surface area contributed by atoms with Gasteiger partial charge < -0.3 is 4.90 Å². The molecule has 1 aliphatic rings. The van der Waals surface area contributed by atoms with Gasteiger partial charge in [-0.05, 0) is 36.6 Å². The first-order valence-electron chi connectivity index (χ1n) is 9.08. The molecule has 0 amide bonds. The molecule has 0 radical (unpaired) electrons. The van der Waals surface area contributed by atoms with E-state index in [0.717, 1.165) is 38.2 Å². The molecule has 1 fully saturated rings. The van der Waals surface area contributed by atoms with Crippen molar-refractivity contribution in [2.75, 3.05) is 31.1 Å². The summed E-state index contributed by atoms with van der Waals surface area (Å²) in [4.78, 5) is 9.69. The van der Waals surface area contributed by atoms with E-state index in [1.54, 1.807) is 0 Å². The van der Waals surface area contributed by atoms with Gasteiger partial charge in [-0.3, -0.25) is 9.88 Å². The number of pyridine rings is 1. The quantitative estimate of drug-likeness (QED) is 0.718. The first-order valence-corrected chi connectivity index (χ1v) is 9.08. The largest absolute Gasteiger partial charge is 0.368 e. The molecule has 1 aliphatic heterocycles. The molecular weight excluding hydrogens is 306 g/mol. The first kappa shape index (κ1) is 16.1. The summed E-state index contributed by atoms with van der Waals surface area (Å²) >= 11 is 0. The molecule has 3 aromatic rings. The Labute approximate surface area is 149 Å². The lowest BCUT2D eigenvalue weighted by molar-refractivity contribution is 0.250. The smallest absolute Gasteiger partial charge is 0.0754 e. The van der Waals surface area contributed by atoms with E-state index in [-0.39, 0.29) is 0 Å². The zero-order valence-electron chi connectivity index (χ0n) is 15.1. The van der Waals surface area contributed by atoms with Crippen molar-refractivity contribution < 1.29 is 0 Å². The highest BCUT2D eigenvalue weighted by Gasteiger charge is 2.19. The van der Waals surface area contributed by atoms with E-state index in [1.807, 2.05) is 6.20 Å². The second kappa shape index (κ2) is 6.85. The SMILES string of the molecule is Cc1ccc2c(N3CCN(Cc4ccccc4)CC3)ccnc2c1C. The number of piperazine rings is 1. The number of aryl methyl sites for hydroxylation is 2. The number of anilines is 1. The van der Waals surface area contributed by atoms with Crippen LogP contribution in [0.2, 0.25) is 0 Å². The van der Waals surface area contributed by atoms with Crippen LogP contribution in [0.15, 0.2) is 54.7 Å². The zero-order valence-corrected chi connectivity index (χ0v) is 15.1. The highest BCUT2D eigenvalue weighted by Crippen LogP contribution is 2.29. The first-order chi connectivity index (χ1) is 12.2. The average Bonchev–Trinajstić information content (AvgIpc) is 2.66. The van der Waals surface area contributed by atoms with Crippen molar-refractivity contribution in [3.63, 3.8) is 0 Å².